The summed E-state index contributed by atoms with van der Waals surface area (Å²) in [7, 11) is 0. The smallest absolute Gasteiger partial charge is 0.149 e. The van der Waals surface area contributed by atoms with Gasteiger partial charge in [-0.15, -0.1) is 0 Å². The average molecular weight is 221 g/mol. The lowest BCUT2D eigenvalue weighted by Gasteiger charge is -2.06. The molecule has 2 heterocycles. The van der Waals surface area contributed by atoms with Gasteiger partial charge < -0.3 is 9.72 Å². The van der Waals surface area contributed by atoms with Crippen molar-refractivity contribution in [1.29, 1.82) is 0 Å². The van der Waals surface area contributed by atoms with Crippen LogP contribution in [0.5, 0.6) is 0 Å². The third kappa shape index (κ3) is 1.93. The second-order valence-corrected chi connectivity index (χ2v) is 4.22. The van der Waals surface area contributed by atoms with Crippen molar-refractivity contribution in [2.24, 2.45) is 0 Å². The summed E-state index contributed by atoms with van der Waals surface area (Å²) < 4.78 is 15.5. The Morgan fingerprint density at radius 1 is 1.50 bits per heavy atom. The molecule has 2 aromatic heterocycles. The SMILES string of the molecule is Cc1nc(CNC(C)C)c2c(F)cccn12. The van der Waals surface area contributed by atoms with E-state index >= 15 is 0 Å². The molecule has 2 aromatic rings. The number of nitrogens with zero attached hydrogens (tertiary/aromatic N) is 2. The van der Waals surface area contributed by atoms with E-state index in [1.54, 1.807) is 10.5 Å². The summed E-state index contributed by atoms with van der Waals surface area (Å²) >= 11 is 0. The van der Waals surface area contributed by atoms with Crippen molar-refractivity contribution in [1.82, 2.24) is 14.7 Å². The molecule has 0 aromatic carbocycles. The predicted molar refractivity (Wildman–Crippen MR) is 61.9 cm³/mol. The van der Waals surface area contributed by atoms with Gasteiger partial charge >= 0.3 is 0 Å². The first-order valence-electron chi connectivity index (χ1n) is 5.45. The molecule has 3 nitrogen and oxygen atoms in total. The van der Waals surface area contributed by atoms with Crippen LogP contribution in [0.15, 0.2) is 18.3 Å². The lowest BCUT2D eigenvalue weighted by Crippen LogP contribution is -2.22. The maximum Gasteiger partial charge on any atom is 0.149 e. The van der Waals surface area contributed by atoms with Crippen molar-refractivity contribution in [3.05, 3.63) is 35.7 Å². The van der Waals surface area contributed by atoms with Crippen molar-refractivity contribution in [3.63, 3.8) is 0 Å². The van der Waals surface area contributed by atoms with Crippen LogP contribution in [0.2, 0.25) is 0 Å². The van der Waals surface area contributed by atoms with Gasteiger partial charge in [-0.05, 0) is 19.1 Å². The van der Waals surface area contributed by atoms with Crippen LogP contribution in [0.4, 0.5) is 4.39 Å². The topological polar surface area (TPSA) is 29.3 Å². The molecule has 0 saturated heterocycles. The Labute approximate surface area is 94.3 Å². The Kier molecular flexibility index (Phi) is 2.92. The summed E-state index contributed by atoms with van der Waals surface area (Å²) in [5, 5.41) is 3.25. The summed E-state index contributed by atoms with van der Waals surface area (Å²) in [6, 6.07) is 3.52. The molecule has 86 valence electrons. The molecule has 0 fully saturated rings. The van der Waals surface area contributed by atoms with Gasteiger partial charge in [0.05, 0.1) is 5.69 Å². The van der Waals surface area contributed by atoms with Crippen molar-refractivity contribution in [2.75, 3.05) is 0 Å². The van der Waals surface area contributed by atoms with Crippen LogP contribution in [0.1, 0.15) is 25.4 Å². The van der Waals surface area contributed by atoms with E-state index in [0.29, 0.717) is 18.1 Å². The molecule has 0 unspecified atom stereocenters. The number of aryl methyl sites for hydroxylation is 1. The van der Waals surface area contributed by atoms with E-state index in [9.17, 15) is 4.39 Å². The molecule has 0 spiro atoms. The number of fused-ring (bicyclic) bond motifs is 1. The molecule has 1 N–H and O–H groups in total. The Morgan fingerprint density at radius 3 is 2.94 bits per heavy atom. The molecule has 0 aliphatic carbocycles. The number of imidazole rings is 1. The summed E-state index contributed by atoms with van der Waals surface area (Å²) in [6.45, 7) is 6.59. The van der Waals surface area contributed by atoms with E-state index in [2.05, 4.69) is 24.1 Å². The average Bonchev–Trinajstić information content (AvgIpc) is 2.55. The normalized spacial score (nSPS) is 11.6. The molecule has 2 rings (SSSR count). The Hall–Kier alpha value is -1.42. The third-order valence-electron chi connectivity index (χ3n) is 2.54. The van der Waals surface area contributed by atoms with E-state index in [1.807, 2.05) is 13.1 Å². The van der Waals surface area contributed by atoms with Crippen LogP contribution in [0, 0.1) is 12.7 Å². The standard InChI is InChI=1S/C12H16FN3/c1-8(2)14-7-11-12-10(13)5-4-6-16(12)9(3)15-11/h4-6,8,14H,7H2,1-3H3. The van der Waals surface area contributed by atoms with E-state index < -0.39 is 0 Å². The first-order valence-corrected chi connectivity index (χ1v) is 5.45. The second-order valence-electron chi connectivity index (χ2n) is 4.22. The summed E-state index contributed by atoms with van der Waals surface area (Å²) in [5.41, 5.74) is 1.34. The molecular weight excluding hydrogens is 205 g/mol. The van der Waals surface area contributed by atoms with Gasteiger partial charge in [-0.25, -0.2) is 9.37 Å². The molecule has 4 heteroatoms. The molecule has 0 radical (unpaired) electrons. The number of aromatic nitrogens is 2. The third-order valence-corrected chi connectivity index (χ3v) is 2.54. The highest BCUT2D eigenvalue weighted by atomic mass is 19.1. The minimum atomic E-state index is -0.219. The fourth-order valence-corrected chi connectivity index (χ4v) is 1.75. The molecule has 0 saturated carbocycles. The second kappa shape index (κ2) is 4.22. The quantitative estimate of drug-likeness (QED) is 0.861. The van der Waals surface area contributed by atoms with Crippen molar-refractivity contribution < 1.29 is 4.39 Å². The van der Waals surface area contributed by atoms with E-state index in [0.717, 1.165) is 11.5 Å². The van der Waals surface area contributed by atoms with Crippen LogP contribution in [-0.2, 0) is 6.54 Å². The largest absolute Gasteiger partial charge is 0.309 e. The zero-order chi connectivity index (χ0) is 11.7. The van der Waals surface area contributed by atoms with E-state index in [1.165, 1.54) is 6.07 Å². The minimum absolute atomic E-state index is 0.219. The Balaban J connectivity index is 2.45. The van der Waals surface area contributed by atoms with Gasteiger partial charge in [0.15, 0.2) is 0 Å². The Morgan fingerprint density at radius 2 is 2.25 bits per heavy atom. The highest BCUT2D eigenvalue weighted by Crippen LogP contribution is 2.16. The zero-order valence-corrected chi connectivity index (χ0v) is 9.79. The number of nitrogens with one attached hydrogen (secondary N) is 1. The lowest BCUT2D eigenvalue weighted by molar-refractivity contribution is 0.581. The fourth-order valence-electron chi connectivity index (χ4n) is 1.75. The summed E-state index contributed by atoms with van der Waals surface area (Å²) in [5.74, 6) is 0.596. The van der Waals surface area contributed by atoms with Crippen molar-refractivity contribution in [3.8, 4) is 0 Å². The number of hydrogen-bond acceptors (Lipinski definition) is 2. The molecule has 0 atom stereocenters. The maximum absolute atomic E-state index is 13.7. The van der Waals surface area contributed by atoms with Crippen molar-refractivity contribution >= 4 is 5.52 Å². The molecular formula is C12H16FN3. The van der Waals surface area contributed by atoms with Gasteiger partial charge in [-0.1, -0.05) is 13.8 Å². The summed E-state index contributed by atoms with van der Waals surface area (Å²) in [4.78, 5) is 4.38. The molecule has 0 aliphatic heterocycles. The van der Waals surface area contributed by atoms with Crippen LogP contribution in [-0.4, -0.2) is 15.4 Å². The van der Waals surface area contributed by atoms with Gasteiger partial charge in [-0.2, -0.15) is 0 Å². The number of halogens is 1. The van der Waals surface area contributed by atoms with Gasteiger partial charge in [0, 0.05) is 18.8 Å². The molecule has 0 amide bonds. The Bertz CT molecular complexity index is 502. The van der Waals surface area contributed by atoms with E-state index in [-0.39, 0.29) is 5.82 Å². The fraction of sp³-hybridized carbons (Fsp3) is 0.417. The van der Waals surface area contributed by atoms with Crippen LogP contribution in [0.3, 0.4) is 0 Å². The molecule has 0 aliphatic rings. The van der Waals surface area contributed by atoms with Gasteiger partial charge in [0.2, 0.25) is 0 Å². The minimum Gasteiger partial charge on any atom is -0.309 e. The number of hydrogen-bond donors (Lipinski definition) is 1. The first kappa shape index (κ1) is 11.1. The highest BCUT2D eigenvalue weighted by Gasteiger charge is 2.11. The van der Waals surface area contributed by atoms with Gasteiger partial charge in [-0.3, -0.25) is 0 Å². The monoisotopic (exact) mass is 221 g/mol. The lowest BCUT2D eigenvalue weighted by atomic mass is 10.3. The number of pyridine rings is 1. The molecule has 16 heavy (non-hydrogen) atoms. The number of rotatable bonds is 3. The predicted octanol–water partition coefficient (Wildman–Crippen LogP) is 2.28. The van der Waals surface area contributed by atoms with E-state index in [4.69, 9.17) is 0 Å². The molecule has 0 bridgehead atoms. The summed E-state index contributed by atoms with van der Waals surface area (Å²) in [6.07, 6.45) is 1.83. The van der Waals surface area contributed by atoms with Gasteiger partial charge in [0.1, 0.15) is 17.2 Å². The first-order chi connectivity index (χ1) is 7.59. The zero-order valence-electron chi connectivity index (χ0n) is 9.79. The van der Waals surface area contributed by atoms with Crippen LogP contribution >= 0.6 is 0 Å². The van der Waals surface area contributed by atoms with Crippen molar-refractivity contribution in [2.45, 2.75) is 33.4 Å². The van der Waals surface area contributed by atoms with Crippen LogP contribution < -0.4 is 5.32 Å². The highest BCUT2D eigenvalue weighted by molar-refractivity contribution is 5.54. The van der Waals surface area contributed by atoms with Gasteiger partial charge in [0.25, 0.3) is 0 Å². The van der Waals surface area contributed by atoms with Crippen LogP contribution in [0.25, 0.3) is 5.52 Å². The maximum atomic E-state index is 13.7.